The van der Waals surface area contributed by atoms with Crippen LogP contribution in [-0.4, -0.2) is 25.1 Å². The zero-order valence-electron chi connectivity index (χ0n) is 11.0. The van der Waals surface area contributed by atoms with Crippen LogP contribution in [0.2, 0.25) is 0 Å². The van der Waals surface area contributed by atoms with Crippen molar-refractivity contribution in [3.05, 3.63) is 22.5 Å². The van der Waals surface area contributed by atoms with Crippen LogP contribution in [0.25, 0.3) is 5.13 Å². The zero-order valence-corrected chi connectivity index (χ0v) is 11.9. The first-order valence-corrected chi connectivity index (χ1v) is 7.65. The number of hydrogen-bond acceptors (Lipinski definition) is 5. The Hall–Kier alpha value is -1.27. The number of aryl methyl sites for hydroxylation is 1. The molecule has 19 heavy (non-hydrogen) atoms. The summed E-state index contributed by atoms with van der Waals surface area (Å²) in [5.41, 5.74) is 2.77. The van der Waals surface area contributed by atoms with Gasteiger partial charge in [-0.3, -0.25) is 0 Å². The molecule has 1 N–H and O–H groups in total. The Kier molecular flexibility index (Phi) is 3.61. The van der Waals surface area contributed by atoms with Gasteiger partial charge in [0.15, 0.2) is 0 Å². The molecule has 3 rings (SSSR count). The molecule has 0 atom stereocenters. The van der Waals surface area contributed by atoms with Crippen molar-refractivity contribution in [2.45, 2.75) is 51.6 Å². The summed E-state index contributed by atoms with van der Waals surface area (Å²) in [6, 6.07) is 0. The summed E-state index contributed by atoms with van der Waals surface area (Å²) in [5.74, 6) is 0.454. The van der Waals surface area contributed by atoms with Crippen molar-refractivity contribution in [2.75, 3.05) is 0 Å². The van der Waals surface area contributed by atoms with Crippen LogP contribution < -0.4 is 0 Å². The lowest BCUT2D eigenvalue weighted by Gasteiger charge is -2.22. The van der Waals surface area contributed by atoms with Crippen molar-refractivity contribution in [3.63, 3.8) is 0 Å². The van der Waals surface area contributed by atoms with Crippen LogP contribution in [0.3, 0.4) is 0 Å². The van der Waals surface area contributed by atoms with E-state index in [1.807, 2.05) is 17.0 Å². The van der Waals surface area contributed by atoms with E-state index in [1.165, 1.54) is 19.3 Å². The fourth-order valence-electron chi connectivity index (χ4n) is 2.80. The van der Waals surface area contributed by atoms with Gasteiger partial charge in [0.2, 0.25) is 5.13 Å². The first-order chi connectivity index (χ1) is 9.29. The molecule has 0 aromatic carbocycles. The van der Waals surface area contributed by atoms with E-state index >= 15 is 0 Å². The number of hydrogen-bond donors (Lipinski definition) is 1. The van der Waals surface area contributed by atoms with Gasteiger partial charge in [0.1, 0.15) is 5.69 Å². The van der Waals surface area contributed by atoms with E-state index in [0.717, 1.165) is 29.4 Å². The second-order valence-corrected chi connectivity index (χ2v) is 5.93. The largest absolute Gasteiger partial charge is 0.390 e. The predicted octanol–water partition coefficient (Wildman–Crippen LogP) is 2.57. The Balaban J connectivity index is 2.02. The minimum atomic E-state index is -0.0454. The molecule has 1 fully saturated rings. The van der Waals surface area contributed by atoms with E-state index in [1.54, 1.807) is 11.3 Å². The molecule has 0 amide bonds. The van der Waals surface area contributed by atoms with Crippen molar-refractivity contribution in [2.24, 2.45) is 0 Å². The lowest BCUT2D eigenvalue weighted by atomic mass is 9.86. The Labute approximate surface area is 116 Å². The van der Waals surface area contributed by atoms with Gasteiger partial charge in [0.05, 0.1) is 18.0 Å². The zero-order chi connectivity index (χ0) is 13.2. The van der Waals surface area contributed by atoms with Gasteiger partial charge in [-0.15, -0.1) is 16.4 Å². The van der Waals surface area contributed by atoms with Crippen LogP contribution in [0.1, 0.15) is 55.1 Å². The Bertz CT molecular complexity index is 557. The molecule has 1 saturated carbocycles. The molecule has 5 nitrogen and oxygen atoms in total. The Morgan fingerprint density at radius 3 is 2.79 bits per heavy atom. The molecular formula is C13H18N4OS. The van der Waals surface area contributed by atoms with E-state index < -0.39 is 0 Å². The fraction of sp³-hybridized carbons (Fsp3) is 0.615. The highest BCUT2D eigenvalue weighted by Gasteiger charge is 2.25. The highest BCUT2D eigenvalue weighted by molar-refractivity contribution is 7.12. The number of thiazole rings is 1. The van der Waals surface area contributed by atoms with Gasteiger partial charge >= 0.3 is 0 Å². The van der Waals surface area contributed by atoms with E-state index in [-0.39, 0.29) is 6.61 Å². The average Bonchev–Trinajstić information content (AvgIpc) is 3.05. The molecule has 6 heteroatoms. The molecular weight excluding hydrogens is 260 g/mol. The maximum absolute atomic E-state index is 9.48. The summed E-state index contributed by atoms with van der Waals surface area (Å²) in [6.07, 6.45) is 6.12. The average molecular weight is 278 g/mol. The standard InChI is InChI=1S/C13H18N4OS/c1-9-8-19-13(14-9)17-12(11(7-18)15-16-17)10-5-3-2-4-6-10/h8,10,18H,2-7H2,1H3. The predicted molar refractivity (Wildman–Crippen MR) is 73.5 cm³/mol. The lowest BCUT2D eigenvalue weighted by molar-refractivity contribution is 0.273. The van der Waals surface area contributed by atoms with Crippen LogP contribution >= 0.6 is 11.3 Å². The third-order valence-corrected chi connectivity index (χ3v) is 4.64. The van der Waals surface area contributed by atoms with E-state index in [0.29, 0.717) is 11.6 Å². The van der Waals surface area contributed by atoms with Gasteiger partial charge in [-0.1, -0.05) is 24.5 Å². The topological polar surface area (TPSA) is 63.8 Å². The molecule has 0 aliphatic heterocycles. The highest BCUT2D eigenvalue weighted by Crippen LogP contribution is 2.35. The molecule has 0 saturated heterocycles. The third kappa shape index (κ3) is 2.42. The molecule has 1 aliphatic rings. The monoisotopic (exact) mass is 278 g/mol. The van der Waals surface area contributed by atoms with Crippen molar-refractivity contribution in [1.82, 2.24) is 20.0 Å². The Morgan fingerprint density at radius 2 is 2.16 bits per heavy atom. The molecule has 2 heterocycles. The summed E-state index contributed by atoms with van der Waals surface area (Å²) < 4.78 is 1.83. The maximum Gasteiger partial charge on any atom is 0.212 e. The highest BCUT2D eigenvalue weighted by atomic mass is 32.1. The van der Waals surface area contributed by atoms with E-state index in [9.17, 15) is 5.11 Å². The second kappa shape index (κ2) is 5.38. The first-order valence-electron chi connectivity index (χ1n) is 6.77. The van der Waals surface area contributed by atoms with Gasteiger partial charge < -0.3 is 5.11 Å². The number of rotatable bonds is 3. The van der Waals surface area contributed by atoms with Gasteiger partial charge in [-0.2, -0.15) is 4.68 Å². The van der Waals surface area contributed by atoms with E-state index in [2.05, 4.69) is 15.3 Å². The van der Waals surface area contributed by atoms with Gasteiger partial charge in [0, 0.05) is 11.3 Å². The summed E-state index contributed by atoms with van der Waals surface area (Å²) in [7, 11) is 0. The van der Waals surface area contributed by atoms with Crippen molar-refractivity contribution < 1.29 is 5.11 Å². The van der Waals surface area contributed by atoms with Crippen LogP contribution in [0.15, 0.2) is 5.38 Å². The van der Waals surface area contributed by atoms with Crippen molar-refractivity contribution >= 4 is 11.3 Å². The van der Waals surface area contributed by atoms with Crippen molar-refractivity contribution in [3.8, 4) is 5.13 Å². The molecule has 0 radical (unpaired) electrons. The molecule has 1 aliphatic carbocycles. The van der Waals surface area contributed by atoms with Crippen LogP contribution in [0.4, 0.5) is 0 Å². The van der Waals surface area contributed by atoms with Crippen LogP contribution in [0, 0.1) is 6.92 Å². The quantitative estimate of drug-likeness (QED) is 0.937. The summed E-state index contributed by atoms with van der Waals surface area (Å²) in [6.45, 7) is 1.93. The van der Waals surface area contributed by atoms with Gasteiger partial charge in [-0.05, 0) is 19.8 Å². The normalized spacial score (nSPS) is 16.9. The molecule has 0 bridgehead atoms. The number of aromatic nitrogens is 4. The smallest absolute Gasteiger partial charge is 0.212 e. The molecule has 2 aromatic rings. The third-order valence-electron chi connectivity index (χ3n) is 3.71. The number of nitrogens with zero attached hydrogens (tertiary/aromatic N) is 4. The summed E-state index contributed by atoms with van der Waals surface area (Å²) in [5, 5.41) is 20.7. The fourth-order valence-corrected chi connectivity index (χ4v) is 3.56. The molecule has 102 valence electrons. The first kappa shape index (κ1) is 12.7. The van der Waals surface area contributed by atoms with Gasteiger partial charge in [0.25, 0.3) is 0 Å². The SMILES string of the molecule is Cc1csc(-n2nnc(CO)c2C2CCCCC2)n1. The summed E-state index contributed by atoms with van der Waals surface area (Å²) >= 11 is 1.57. The molecule has 0 spiro atoms. The van der Waals surface area contributed by atoms with Gasteiger partial charge in [-0.25, -0.2) is 4.98 Å². The summed E-state index contributed by atoms with van der Waals surface area (Å²) in [4.78, 5) is 4.48. The Morgan fingerprint density at radius 1 is 1.37 bits per heavy atom. The second-order valence-electron chi connectivity index (χ2n) is 5.10. The lowest BCUT2D eigenvalue weighted by Crippen LogP contribution is -2.12. The minimum Gasteiger partial charge on any atom is -0.390 e. The van der Waals surface area contributed by atoms with Crippen LogP contribution in [-0.2, 0) is 6.61 Å². The van der Waals surface area contributed by atoms with Crippen molar-refractivity contribution in [1.29, 1.82) is 0 Å². The minimum absolute atomic E-state index is 0.0454. The number of aliphatic hydroxyl groups is 1. The van der Waals surface area contributed by atoms with Crippen LogP contribution in [0.5, 0.6) is 0 Å². The maximum atomic E-state index is 9.48. The molecule has 0 unspecified atom stereocenters. The van der Waals surface area contributed by atoms with E-state index in [4.69, 9.17) is 0 Å². The number of aliphatic hydroxyl groups excluding tert-OH is 1. The molecule has 2 aromatic heterocycles.